The van der Waals surface area contributed by atoms with Gasteiger partial charge in [0.05, 0.1) is 35.2 Å². The van der Waals surface area contributed by atoms with Gasteiger partial charge in [-0.2, -0.15) is 0 Å². The molecular weight excluding hydrogens is 576 g/mol. The lowest BCUT2D eigenvalue weighted by atomic mass is 10.0. The van der Waals surface area contributed by atoms with Gasteiger partial charge in [-0.1, -0.05) is 11.8 Å². The standard InChI is InChI=1S/C32H39F2N3O7/c1-8-42-28(39)21-17-37(18-12-13-18)26-19(25(34)22(33)16-20(26)27(21)38)10-9-11-24-23(35-29(40)43-31(2,3)4)14-15-36(24)30(41)44-32(5,6)7/h16-18,23-24H,8,11-15H2,1-7H3,(H,35,40)/t23-,24-/m1/s1. The Morgan fingerprint density at radius 1 is 1.05 bits per heavy atom. The van der Waals surface area contributed by atoms with Crippen LogP contribution in [0, 0.1) is 23.5 Å². The van der Waals surface area contributed by atoms with E-state index in [-0.39, 0.29) is 47.6 Å². The maximum Gasteiger partial charge on any atom is 0.410 e. The number of halogens is 2. The zero-order valence-corrected chi connectivity index (χ0v) is 26.1. The molecule has 44 heavy (non-hydrogen) atoms. The second-order valence-electron chi connectivity index (χ2n) is 13.0. The van der Waals surface area contributed by atoms with Crippen LogP contribution in [0.25, 0.3) is 10.9 Å². The zero-order valence-electron chi connectivity index (χ0n) is 26.1. The van der Waals surface area contributed by atoms with E-state index in [1.165, 1.54) is 11.1 Å². The summed E-state index contributed by atoms with van der Waals surface area (Å²) in [4.78, 5) is 52.9. The Labute approximate surface area is 255 Å². The molecule has 4 rings (SSSR count). The first-order chi connectivity index (χ1) is 20.5. The van der Waals surface area contributed by atoms with Gasteiger partial charge in [0.2, 0.25) is 5.43 Å². The van der Waals surface area contributed by atoms with Gasteiger partial charge in [-0.05, 0) is 73.8 Å². The van der Waals surface area contributed by atoms with Crippen molar-refractivity contribution >= 4 is 29.1 Å². The number of amides is 2. The van der Waals surface area contributed by atoms with E-state index in [0.717, 1.165) is 18.9 Å². The molecule has 0 bridgehead atoms. The van der Waals surface area contributed by atoms with Crippen molar-refractivity contribution in [1.82, 2.24) is 14.8 Å². The number of esters is 1. The van der Waals surface area contributed by atoms with E-state index in [4.69, 9.17) is 14.2 Å². The summed E-state index contributed by atoms with van der Waals surface area (Å²) in [6.07, 6.45) is 1.85. The van der Waals surface area contributed by atoms with Crippen LogP contribution in [-0.2, 0) is 14.2 Å². The number of carbonyl (C=O) groups excluding carboxylic acids is 3. The second kappa shape index (κ2) is 12.5. The van der Waals surface area contributed by atoms with Crippen LogP contribution in [0.15, 0.2) is 17.1 Å². The molecule has 2 aliphatic rings. The van der Waals surface area contributed by atoms with E-state index >= 15 is 4.39 Å². The molecule has 12 heteroatoms. The van der Waals surface area contributed by atoms with Crippen LogP contribution in [0.2, 0.25) is 0 Å². The van der Waals surface area contributed by atoms with E-state index < -0.39 is 58.5 Å². The van der Waals surface area contributed by atoms with Crippen molar-refractivity contribution in [1.29, 1.82) is 0 Å². The number of ether oxygens (including phenoxy) is 3. The Balaban J connectivity index is 1.75. The molecule has 2 atom stereocenters. The Morgan fingerprint density at radius 3 is 2.30 bits per heavy atom. The van der Waals surface area contributed by atoms with Crippen molar-refractivity contribution in [2.75, 3.05) is 13.2 Å². The number of hydrogen-bond acceptors (Lipinski definition) is 7. The number of nitrogens with zero attached hydrogens (tertiary/aromatic N) is 2. The number of likely N-dealkylation sites (tertiary alicyclic amines) is 1. The predicted molar refractivity (Wildman–Crippen MR) is 158 cm³/mol. The maximum atomic E-state index is 15.4. The van der Waals surface area contributed by atoms with Crippen molar-refractivity contribution in [2.24, 2.45) is 0 Å². The first-order valence-corrected chi connectivity index (χ1v) is 14.7. The molecule has 238 valence electrons. The monoisotopic (exact) mass is 615 g/mol. The van der Waals surface area contributed by atoms with Crippen LogP contribution in [0.5, 0.6) is 0 Å². The SMILES string of the molecule is CCOC(=O)c1cn(C2CC2)c2c(C#CC[C@@H]3[C@H](NC(=O)OC(C)(C)C)CCN3C(=O)OC(C)(C)C)c(F)c(F)cc2c1=O. The van der Waals surface area contributed by atoms with Gasteiger partial charge in [0.15, 0.2) is 11.6 Å². The van der Waals surface area contributed by atoms with E-state index in [1.54, 1.807) is 53.0 Å². The van der Waals surface area contributed by atoms with Crippen LogP contribution in [0.4, 0.5) is 18.4 Å². The van der Waals surface area contributed by atoms with Crippen molar-refractivity contribution in [3.63, 3.8) is 0 Å². The van der Waals surface area contributed by atoms with Crippen molar-refractivity contribution in [3.8, 4) is 11.8 Å². The lowest BCUT2D eigenvalue weighted by Gasteiger charge is -2.30. The van der Waals surface area contributed by atoms with Crippen LogP contribution < -0.4 is 10.7 Å². The zero-order chi connectivity index (χ0) is 32.6. The number of benzene rings is 1. The minimum atomic E-state index is -1.29. The molecule has 0 spiro atoms. The average Bonchev–Trinajstić information content (AvgIpc) is 3.66. The minimum Gasteiger partial charge on any atom is -0.462 e. The lowest BCUT2D eigenvalue weighted by molar-refractivity contribution is 0.0206. The Morgan fingerprint density at radius 2 is 1.70 bits per heavy atom. The molecular formula is C32H39F2N3O7. The highest BCUT2D eigenvalue weighted by Gasteiger charge is 2.40. The van der Waals surface area contributed by atoms with Crippen LogP contribution in [0.3, 0.4) is 0 Å². The molecule has 1 saturated carbocycles. The van der Waals surface area contributed by atoms with Gasteiger partial charge in [0.1, 0.15) is 16.8 Å². The van der Waals surface area contributed by atoms with Crippen molar-refractivity contribution < 1.29 is 37.4 Å². The number of alkyl carbamates (subject to hydrolysis) is 1. The van der Waals surface area contributed by atoms with Gasteiger partial charge in [0, 0.05) is 25.2 Å². The molecule has 2 amide bonds. The largest absolute Gasteiger partial charge is 0.462 e. The number of aromatic nitrogens is 1. The Kier molecular flexibility index (Phi) is 9.28. The highest BCUT2D eigenvalue weighted by atomic mass is 19.2. The van der Waals surface area contributed by atoms with Crippen LogP contribution in [-0.4, -0.2) is 64.1 Å². The topological polar surface area (TPSA) is 116 Å². The van der Waals surface area contributed by atoms with E-state index in [2.05, 4.69) is 17.2 Å². The number of hydrogen-bond donors (Lipinski definition) is 1. The summed E-state index contributed by atoms with van der Waals surface area (Å²) in [5, 5.41) is 2.61. The average molecular weight is 616 g/mol. The Hall–Kier alpha value is -4.14. The quantitative estimate of drug-likeness (QED) is 0.271. The van der Waals surface area contributed by atoms with E-state index in [1.807, 2.05) is 0 Å². The molecule has 0 radical (unpaired) electrons. The fourth-order valence-corrected chi connectivity index (χ4v) is 5.10. The minimum absolute atomic E-state index is 0.0360. The molecule has 1 aromatic carbocycles. The van der Waals surface area contributed by atoms with Crippen LogP contribution in [0.1, 0.15) is 96.1 Å². The second-order valence-corrected chi connectivity index (χ2v) is 13.0. The summed E-state index contributed by atoms with van der Waals surface area (Å²) in [7, 11) is 0. The summed E-state index contributed by atoms with van der Waals surface area (Å²) in [6, 6.07) is -0.579. The van der Waals surface area contributed by atoms with Gasteiger partial charge in [0.25, 0.3) is 0 Å². The molecule has 1 aliphatic carbocycles. The molecule has 2 fully saturated rings. The highest BCUT2D eigenvalue weighted by molar-refractivity contribution is 5.95. The first-order valence-electron chi connectivity index (χ1n) is 14.7. The molecule has 2 aromatic rings. The lowest BCUT2D eigenvalue weighted by Crippen LogP contribution is -2.48. The highest BCUT2D eigenvalue weighted by Crippen LogP contribution is 2.38. The molecule has 2 heterocycles. The number of carbonyl (C=O) groups is 3. The number of rotatable bonds is 5. The fourth-order valence-electron chi connectivity index (χ4n) is 5.10. The van der Waals surface area contributed by atoms with Crippen LogP contribution >= 0.6 is 0 Å². The third kappa shape index (κ3) is 7.49. The van der Waals surface area contributed by atoms with Crippen molar-refractivity contribution in [3.05, 3.63) is 45.2 Å². The van der Waals surface area contributed by atoms with Gasteiger partial charge in [-0.3, -0.25) is 4.79 Å². The first kappa shape index (κ1) is 32.8. The Bertz CT molecular complexity index is 1590. The predicted octanol–water partition coefficient (Wildman–Crippen LogP) is 5.44. The van der Waals surface area contributed by atoms with Gasteiger partial charge < -0.3 is 29.0 Å². The summed E-state index contributed by atoms with van der Waals surface area (Å²) in [6.45, 7) is 12.3. The van der Waals surface area contributed by atoms with Crippen molar-refractivity contribution in [2.45, 2.75) is 103 Å². The van der Waals surface area contributed by atoms with Gasteiger partial charge >= 0.3 is 18.2 Å². The molecule has 1 N–H and O–H groups in total. The summed E-state index contributed by atoms with van der Waals surface area (Å²) in [5.74, 6) is 2.19. The molecule has 10 nitrogen and oxygen atoms in total. The summed E-state index contributed by atoms with van der Waals surface area (Å²) < 4.78 is 47.8. The molecule has 0 unspecified atom stereocenters. The molecule has 1 aromatic heterocycles. The smallest absolute Gasteiger partial charge is 0.410 e. The third-order valence-corrected chi connectivity index (χ3v) is 7.04. The number of fused-ring (bicyclic) bond motifs is 1. The molecule has 1 saturated heterocycles. The normalized spacial score (nSPS) is 18.4. The number of pyridine rings is 1. The van der Waals surface area contributed by atoms with E-state index in [0.29, 0.717) is 6.42 Å². The fraction of sp³-hybridized carbons (Fsp3) is 0.562. The van der Waals surface area contributed by atoms with Gasteiger partial charge in [-0.25, -0.2) is 23.2 Å². The third-order valence-electron chi connectivity index (χ3n) is 7.04. The maximum absolute atomic E-state index is 15.4. The summed E-state index contributed by atoms with van der Waals surface area (Å²) >= 11 is 0. The van der Waals surface area contributed by atoms with E-state index in [9.17, 15) is 23.6 Å². The molecule has 1 aliphatic heterocycles. The summed E-state index contributed by atoms with van der Waals surface area (Å²) in [5.41, 5.74) is -2.84. The number of nitrogens with one attached hydrogen (secondary N) is 1. The van der Waals surface area contributed by atoms with Gasteiger partial charge in [-0.15, -0.1) is 0 Å².